The normalized spacial score (nSPS) is 13.5. The lowest BCUT2D eigenvalue weighted by molar-refractivity contribution is -0.137. The number of hydrogen-bond acceptors (Lipinski definition) is 4. The second kappa shape index (κ2) is 8.63. The smallest absolute Gasteiger partial charge is 0.407 e. The van der Waals surface area contributed by atoms with Gasteiger partial charge >= 0.3 is 12.1 Å². The second-order valence-corrected chi connectivity index (χ2v) is 7.97. The molecular weight excluding hydrogens is 394 g/mol. The van der Waals surface area contributed by atoms with E-state index in [0.717, 1.165) is 22.3 Å². The summed E-state index contributed by atoms with van der Waals surface area (Å²) in [5, 5.41) is 16.2. The minimum absolute atomic E-state index is 0.0558. The van der Waals surface area contributed by atoms with Crippen LogP contribution in [0.1, 0.15) is 55.0 Å². The van der Waals surface area contributed by atoms with Crippen molar-refractivity contribution in [1.29, 1.82) is 0 Å². The monoisotopic (exact) mass is 419 g/mol. The Morgan fingerprint density at radius 2 is 1.71 bits per heavy atom. The fraction of sp³-hybridized carbons (Fsp3) is 0.292. The van der Waals surface area contributed by atoms with Gasteiger partial charge < -0.3 is 15.2 Å². The summed E-state index contributed by atoms with van der Waals surface area (Å²) in [6, 6.07) is 15.6. The molecule has 4 rings (SSSR count). The number of alkyl carbamates (subject to hydrolysis) is 1. The van der Waals surface area contributed by atoms with Crippen LogP contribution in [0.2, 0.25) is 0 Å². The summed E-state index contributed by atoms with van der Waals surface area (Å²) in [7, 11) is 0. The molecule has 1 aromatic heterocycles. The molecule has 1 aliphatic carbocycles. The minimum atomic E-state index is -1.01. The number of carboxylic acid groups (broad SMARTS) is 1. The number of nitrogens with one attached hydrogen (secondary N) is 1. The van der Waals surface area contributed by atoms with E-state index in [4.69, 9.17) is 4.74 Å². The average Bonchev–Trinajstić information content (AvgIpc) is 3.35. The van der Waals surface area contributed by atoms with Crippen molar-refractivity contribution < 1.29 is 19.4 Å². The first-order valence-corrected chi connectivity index (χ1v) is 10.3. The van der Waals surface area contributed by atoms with E-state index in [1.165, 1.54) is 0 Å². The van der Waals surface area contributed by atoms with Crippen molar-refractivity contribution in [2.24, 2.45) is 0 Å². The zero-order valence-corrected chi connectivity index (χ0v) is 17.5. The molecule has 2 aromatic carbocycles. The molecule has 0 saturated heterocycles. The van der Waals surface area contributed by atoms with Gasteiger partial charge in [-0.1, -0.05) is 48.5 Å². The SMILES string of the molecule is CC(C)n1cc(C(CC(=O)O)NC(=O)OCC2c3ccccc3-c3ccccc32)cn1. The van der Waals surface area contributed by atoms with E-state index in [-0.39, 0.29) is 25.0 Å². The number of aromatic nitrogens is 2. The predicted octanol–water partition coefficient (Wildman–Crippen LogP) is 4.52. The molecule has 0 aliphatic heterocycles. The van der Waals surface area contributed by atoms with E-state index in [9.17, 15) is 14.7 Å². The standard InChI is InChI=1S/C24H25N3O4/c1-15(2)27-13-16(12-25-27)22(11-23(28)29)26-24(30)31-14-21-19-9-5-3-7-17(19)18-8-4-6-10-20(18)21/h3-10,12-13,15,21-22H,11,14H2,1-2H3,(H,26,30)(H,28,29). The highest BCUT2D eigenvalue weighted by atomic mass is 16.5. The Morgan fingerprint density at radius 3 is 2.26 bits per heavy atom. The van der Waals surface area contributed by atoms with Crippen molar-refractivity contribution in [2.75, 3.05) is 6.61 Å². The van der Waals surface area contributed by atoms with Crippen LogP contribution in [0.25, 0.3) is 11.1 Å². The van der Waals surface area contributed by atoms with Gasteiger partial charge in [0.2, 0.25) is 0 Å². The maximum absolute atomic E-state index is 12.6. The molecule has 160 valence electrons. The Morgan fingerprint density at radius 1 is 1.10 bits per heavy atom. The third kappa shape index (κ3) is 4.30. The van der Waals surface area contributed by atoms with Crippen molar-refractivity contribution in [3.63, 3.8) is 0 Å². The van der Waals surface area contributed by atoms with Gasteiger partial charge in [-0.25, -0.2) is 4.79 Å². The molecule has 2 N–H and O–H groups in total. The first-order chi connectivity index (χ1) is 14.9. The van der Waals surface area contributed by atoms with Crippen molar-refractivity contribution in [2.45, 2.75) is 38.3 Å². The molecule has 1 aliphatic rings. The Hall–Kier alpha value is -3.61. The first kappa shape index (κ1) is 20.7. The highest BCUT2D eigenvalue weighted by Crippen LogP contribution is 2.44. The largest absolute Gasteiger partial charge is 0.481 e. The number of carboxylic acids is 1. The summed E-state index contributed by atoms with van der Waals surface area (Å²) in [5.41, 5.74) is 5.17. The Kier molecular flexibility index (Phi) is 5.75. The molecular formula is C24H25N3O4. The van der Waals surface area contributed by atoms with Gasteiger partial charge in [-0.05, 0) is 36.1 Å². The lowest BCUT2D eigenvalue weighted by atomic mass is 9.98. The highest BCUT2D eigenvalue weighted by molar-refractivity contribution is 5.79. The van der Waals surface area contributed by atoms with Crippen LogP contribution < -0.4 is 5.32 Å². The summed E-state index contributed by atoms with van der Waals surface area (Å²) in [5.74, 6) is -1.07. The maximum atomic E-state index is 12.6. The summed E-state index contributed by atoms with van der Waals surface area (Å²) in [6.07, 6.45) is 2.43. The van der Waals surface area contributed by atoms with E-state index >= 15 is 0 Å². The number of ether oxygens (including phenoxy) is 1. The van der Waals surface area contributed by atoms with Crippen LogP contribution in [0.5, 0.6) is 0 Å². The fourth-order valence-corrected chi connectivity index (χ4v) is 4.02. The molecule has 1 unspecified atom stereocenters. The summed E-state index contributed by atoms with van der Waals surface area (Å²) in [4.78, 5) is 23.9. The van der Waals surface area contributed by atoms with Crippen molar-refractivity contribution >= 4 is 12.1 Å². The second-order valence-electron chi connectivity index (χ2n) is 7.97. The Balaban J connectivity index is 1.47. The molecule has 7 heteroatoms. The van der Waals surface area contributed by atoms with E-state index in [2.05, 4.69) is 34.7 Å². The molecule has 1 heterocycles. The lowest BCUT2D eigenvalue weighted by Gasteiger charge is -2.18. The zero-order valence-electron chi connectivity index (χ0n) is 17.5. The average molecular weight is 419 g/mol. The van der Waals surface area contributed by atoms with Crippen LogP contribution in [0.15, 0.2) is 60.9 Å². The van der Waals surface area contributed by atoms with Crippen LogP contribution in [0.4, 0.5) is 4.79 Å². The van der Waals surface area contributed by atoms with E-state index in [0.29, 0.717) is 5.56 Å². The molecule has 31 heavy (non-hydrogen) atoms. The van der Waals surface area contributed by atoms with Gasteiger partial charge in [0.1, 0.15) is 6.61 Å². The first-order valence-electron chi connectivity index (χ1n) is 10.3. The molecule has 0 bridgehead atoms. The van der Waals surface area contributed by atoms with Crippen molar-refractivity contribution in [1.82, 2.24) is 15.1 Å². The van der Waals surface area contributed by atoms with Crippen molar-refractivity contribution in [3.05, 3.63) is 77.6 Å². The number of amides is 1. The van der Waals surface area contributed by atoms with Gasteiger partial charge in [-0.15, -0.1) is 0 Å². The molecule has 3 aromatic rings. The minimum Gasteiger partial charge on any atom is -0.481 e. The number of carbonyl (C=O) groups excluding carboxylic acids is 1. The predicted molar refractivity (Wildman–Crippen MR) is 116 cm³/mol. The van der Waals surface area contributed by atoms with E-state index in [1.54, 1.807) is 17.1 Å². The fourth-order valence-electron chi connectivity index (χ4n) is 4.02. The van der Waals surface area contributed by atoms with Crippen LogP contribution >= 0.6 is 0 Å². The molecule has 0 spiro atoms. The van der Waals surface area contributed by atoms with Gasteiger partial charge in [0.05, 0.1) is 18.7 Å². The third-order valence-electron chi connectivity index (χ3n) is 5.57. The molecule has 1 atom stereocenters. The van der Waals surface area contributed by atoms with E-state index < -0.39 is 18.1 Å². The number of rotatable bonds is 7. The topological polar surface area (TPSA) is 93.5 Å². The Bertz CT molecular complexity index is 1060. The van der Waals surface area contributed by atoms with Crippen LogP contribution in [0.3, 0.4) is 0 Å². The zero-order chi connectivity index (χ0) is 22.0. The molecule has 0 fully saturated rings. The van der Waals surface area contributed by atoms with E-state index in [1.807, 2.05) is 38.1 Å². The molecule has 7 nitrogen and oxygen atoms in total. The number of fused-ring (bicyclic) bond motifs is 3. The van der Waals surface area contributed by atoms with Gasteiger partial charge in [-0.2, -0.15) is 5.10 Å². The van der Waals surface area contributed by atoms with Crippen LogP contribution in [0, 0.1) is 0 Å². The lowest BCUT2D eigenvalue weighted by Crippen LogP contribution is -2.31. The van der Waals surface area contributed by atoms with Gasteiger partial charge in [0.15, 0.2) is 0 Å². The van der Waals surface area contributed by atoms with Crippen LogP contribution in [-0.4, -0.2) is 33.6 Å². The number of nitrogens with zero attached hydrogens (tertiary/aromatic N) is 2. The summed E-state index contributed by atoms with van der Waals surface area (Å²) in [6.45, 7) is 4.12. The number of benzene rings is 2. The number of hydrogen-bond donors (Lipinski definition) is 2. The van der Waals surface area contributed by atoms with Gasteiger partial charge in [-0.3, -0.25) is 9.48 Å². The Labute approximate surface area is 180 Å². The summed E-state index contributed by atoms with van der Waals surface area (Å²) >= 11 is 0. The number of carbonyl (C=O) groups is 2. The number of aliphatic carboxylic acids is 1. The van der Waals surface area contributed by atoms with Crippen LogP contribution in [-0.2, 0) is 9.53 Å². The van der Waals surface area contributed by atoms with Gasteiger partial charge in [0, 0.05) is 23.7 Å². The quantitative estimate of drug-likeness (QED) is 0.587. The molecule has 1 amide bonds. The highest BCUT2D eigenvalue weighted by Gasteiger charge is 2.29. The molecule has 0 radical (unpaired) electrons. The van der Waals surface area contributed by atoms with Gasteiger partial charge in [0.25, 0.3) is 0 Å². The molecule has 0 saturated carbocycles. The summed E-state index contributed by atoms with van der Waals surface area (Å²) < 4.78 is 7.28. The van der Waals surface area contributed by atoms with Crippen molar-refractivity contribution in [3.8, 4) is 11.1 Å². The third-order valence-corrected chi connectivity index (χ3v) is 5.57. The maximum Gasteiger partial charge on any atom is 0.407 e.